The Hall–Kier alpha value is -0.120. The monoisotopic (exact) mass is 270 g/mol. The molecule has 1 aliphatic carbocycles. The zero-order valence-electron chi connectivity index (χ0n) is 13.4. The van der Waals surface area contributed by atoms with Gasteiger partial charge in [0, 0.05) is 32.8 Å². The molecule has 0 heterocycles. The maximum absolute atomic E-state index is 6.11. The lowest BCUT2D eigenvalue weighted by Crippen LogP contribution is -2.49. The molecule has 0 aliphatic heterocycles. The van der Waals surface area contributed by atoms with E-state index in [-0.39, 0.29) is 0 Å². The van der Waals surface area contributed by atoms with Gasteiger partial charge in [-0.15, -0.1) is 0 Å². The molecule has 0 bridgehead atoms. The highest BCUT2D eigenvalue weighted by molar-refractivity contribution is 4.84. The molecular weight excluding hydrogens is 236 g/mol. The first-order chi connectivity index (χ1) is 9.08. The first kappa shape index (κ1) is 16.9. The van der Waals surface area contributed by atoms with Crippen molar-refractivity contribution in [2.75, 3.05) is 33.4 Å². The molecule has 0 spiro atoms. The van der Waals surface area contributed by atoms with Crippen molar-refractivity contribution in [1.29, 1.82) is 0 Å². The predicted molar refractivity (Wildman–Crippen MR) is 82.3 cm³/mol. The lowest BCUT2D eigenvalue weighted by molar-refractivity contribution is 0.0678. The summed E-state index contributed by atoms with van der Waals surface area (Å²) < 4.78 is 5.27. The first-order valence-corrected chi connectivity index (χ1v) is 8.01. The van der Waals surface area contributed by atoms with E-state index in [0.717, 1.165) is 38.1 Å². The Morgan fingerprint density at radius 2 is 2.05 bits per heavy atom. The molecule has 3 unspecified atom stereocenters. The van der Waals surface area contributed by atoms with Crippen molar-refractivity contribution in [3.8, 4) is 0 Å². The van der Waals surface area contributed by atoms with Gasteiger partial charge in [0.2, 0.25) is 0 Å². The molecule has 1 fully saturated rings. The fraction of sp³-hybridized carbons (Fsp3) is 1.00. The van der Waals surface area contributed by atoms with Gasteiger partial charge >= 0.3 is 0 Å². The summed E-state index contributed by atoms with van der Waals surface area (Å²) in [6, 6.07) is 0.542. The van der Waals surface area contributed by atoms with Crippen LogP contribution in [0, 0.1) is 17.8 Å². The first-order valence-electron chi connectivity index (χ1n) is 8.01. The van der Waals surface area contributed by atoms with Crippen LogP contribution in [0.2, 0.25) is 0 Å². The van der Waals surface area contributed by atoms with Gasteiger partial charge in [0.1, 0.15) is 0 Å². The lowest BCUT2D eigenvalue weighted by Gasteiger charge is -2.40. The average molecular weight is 270 g/mol. The quantitative estimate of drug-likeness (QED) is 0.737. The zero-order chi connectivity index (χ0) is 14.3. The van der Waals surface area contributed by atoms with Crippen LogP contribution in [0.4, 0.5) is 0 Å². The summed E-state index contributed by atoms with van der Waals surface area (Å²) in [5.74, 6) is 2.34. The predicted octanol–water partition coefficient (Wildman–Crippen LogP) is 2.74. The minimum absolute atomic E-state index is 0.542. The van der Waals surface area contributed by atoms with Crippen molar-refractivity contribution in [3.63, 3.8) is 0 Å². The van der Waals surface area contributed by atoms with Crippen LogP contribution in [0.1, 0.15) is 46.5 Å². The second-order valence-corrected chi connectivity index (χ2v) is 6.72. The Morgan fingerprint density at radius 3 is 2.58 bits per heavy atom. The molecule has 114 valence electrons. The number of ether oxygens (including phenoxy) is 1. The molecule has 3 atom stereocenters. The fourth-order valence-corrected chi connectivity index (χ4v) is 3.54. The highest BCUT2D eigenvalue weighted by Gasteiger charge is 2.30. The number of nitrogens with zero attached hydrogens (tertiary/aromatic N) is 1. The lowest BCUT2D eigenvalue weighted by atomic mass is 9.78. The summed E-state index contributed by atoms with van der Waals surface area (Å²) in [7, 11) is 1.79. The van der Waals surface area contributed by atoms with Gasteiger partial charge in [-0.3, -0.25) is 4.90 Å². The van der Waals surface area contributed by atoms with Crippen molar-refractivity contribution >= 4 is 0 Å². The van der Waals surface area contributed by atoms with Crippen LogP contribution in [0.15, 0.2) is 0 Å². The van der Waals surface area contributed by atoms with Gasteiger partial charge in [-0.05, 0) is 30.6 Å². The van der Waals surface area contributed by atoms with Gasteiger partial charge in [-0.25, -0.2) is 0 Å². The van der Waals surface area contributed by atoms with E-state index in [2.05, 4.69) is 25.7 Å². The van der Waals surface area contributed by atoms with Crippen molar-refractivity contribution < 1.29 is 4.74 Å². The number of hydrogen-bond acceptors (Lipinski definition) is 3. The van der Waals surface area contributed by atoms with E-state index < -0.39 is 0 Å². The molecule has 0 aromatic heterocycles. The minimum atomic E-state index is 0.542. The largest absolute Gasteiger partial charge is 0.383 e. The van der Waals surface area contributed by atoms with Gasteiger partial charge in [0.15, 0.2) is 0 Å². The van der Waals surface area contributed by atoms with E-state index in [1.807, 2.05) is 0 Å². The fourth-order valence-electron chi connectivity index (χ4n) is 3.54. The van der Waals surface area contributed by atoms with Gasteiger partial charge < -0.3 is 10.5 Å². The van der Waals surface area contributed by atoms with E-state index in [4.69, 9.17) is 10.5 Å². The van der Waals surface area contributed by atoms with E-state index in [0.29, 0.717) is 12.0 Å². The van der Waals surface area contributed by atoms with Crippen molar-refractivity contribution in [2.45, 2.75) is 52.5 Å². The summed E-state index contributed by atoms with van der Waals surface area (Å²) in [6.45, 7) is 10.7. The normalized spacial score (nSPS) is 26.1. The van der Waals surface area contributed by atoms with Crippen LogP contribution in [-0.2, 0) is 4.74 Å². The van der Waals surface area contributed by atoms with Crippen LogP contribution < -0.4 is 5.73 Å². The van der Waals surface area contributed by atoms with Gasteiger partial charge in [-0.1, -0.05) is 33.6 Å². The van der Waals surface area contributed by atoms with E-state index in [9.17, 15) is 0 Å². The highest BCUT2D eigenvalue weighted by Crippen LogP contribution is 2.32. The third-order valence-electron chi connectivity index (χ3n) is 4.41. The number of nitrogens with two attached hydrogens (primary N) is 1. The van der Waals surface area contributed by atoms with Crippen LogP contribution in [0.3, 0.4) is 0 Å². The molecular formula is C16H34N2O. The van der Waals surface area contributed by atoms with Crippen molar-refractivity contribution in [3.05, 3.63) is 0 Å². The Morgan fingerprint density at radius 1 is 1.32 bits per heavy atom. The SMILES string of the molecule is COCCN(CC(C)C)C(CN)C1CCCC(C)C1. The van der Waals surface area contributed by atoms with Gasteiger partial charge in [-0.2, -0.15) is 0 Å². The summed E-state index contributed by atoms with van der Waals surface area (Å²) in [5, 5.41) is 0. The third kappa shape index (κ3) is 5.80. The molecule has 0 aromatic rings. The molecule has 2 N–H and O–H groups in total. The van der Waals surface area contributed by atoms with Crippen molar-refractivity contribution in [1.82, 2.24) is 4.90 Å². The number of rotatable bonds is 8. The Kier molecular flexibility index (Phi) is 7.96. The topological polar surface area (TPSA) is 38.5 Å². The van der Waals surface area contributed by atoms with Gasteiger partial charge in [0.25, 0.3) is 0 Å². The summed E-state index contributed by atoms with van der Waals surface area (Å²) in [6.07, 6.45) is 5.48. The Labute approximate surface area is 119 Å². The molecule has 3 nitrogen and oxygen atoms in total. The molecule has 0 aromatic carbocycles. The van der Waals surface area contributed by atoms with E-state index >= 15 is 0 Å². The summed E-state index contributed by atoms with van der Waals surface area (Å²) >= 11 is 0. The summed E-state index contributed by atoms with van der Waals surface area (Å²) in [4.78, 5) is 2.58. The summed E-state index contributed by atoms with van der Waals surface area (Å²) in [5.41, 5.74) is 6.11. The van der Waals surface area contributed by atoms with Crippen LogP contribution in [0.25, 0.3) is 0 Å². The minimum Gasteiger partial charge on any atom is -0.383 e. The Balaban J connectivity index is 2.64. The second kappa shape index (κ2) is 8.93. The van der Waals surface area contributed by atoms with Gasteiger partial charge in [0.05, 0.1) is 6.61 Å². The molecule has 0 radical (unpaired) electrons. The van der Waals surface area contributed by atoms with Crippen LogP contribution in [-0.4, -0.2) is 44.3 Å². The molecule has 1 saturated carbocycles. The second-order valence-electron chi connectivity index (χ2n) is 6.72. The van der Waals surface area contributed by atoms with Crippen molar-refractivity contribution in [2.24, 2.45) is 23.5 Å². The maximum atomic E-state index is 6.11. The smallest absolute Gasteiger partial charge is 0.0589 e. The van der Waals surface area contributed by atoms with E-state index in [1.165, 1.54) is 25.7 Å². The maximum Gasteiger partial charge on any atom is 0.0589 e. The third-order valence-corrected chi connectivity index (χ3v) is 4.41. The number of hydrogen-bond donors (Lipinski definition) is 1. The molecule has 1 rings (SSSR count). The zero-order valence-corrected chi connectivity index (χ0v) is 13.4. The molecule has 1 aliphatic rings. The standard InChI is InChI=1S/C16H34N2O/c1-13(2)12-18(8-9-19-4)16(11-17)15-7-5-6-14(3)10-15/h13-16H,5-12,17H2,1-4H3. The van der Waals surface area contributed by atoms with Crippen LogP contribution >= 0.6 is 0 Å². The molecule has 0 amide bonds. The molecule has 3 heteroatoms. The Bertz CT molecular complexity index is 233. The van der Waals surface area contributed by atoms with E-state index in [1.54, 1.807) is 7.11 Å². The highest BCUT2D eigenvalue weighted by atomic mass is 16.5. The number of methoxy groups -OCH3 is 1. The van der Waals surface area contributed by atoms with Crippen LogP contribution in [0.5, 0.6) is 0 Å². The molecule has 19 heavy (non-hydrogen) atoms. The molecule has 0 saturated heterocycles. The average Bonchev–Trinajstić information content (AvgIpc) is 2.36.